The van der Waals surface area contributed by atoms with Crippen molar-refractivity contribution in [3.05, 3.63) is 83.6 Å². The van der Waals surface area contributed by atoms with Gasteiger partial charge in [0, 0.05) is 18.3 Å². The molecule has 0 saturated carbocycles. The number of ether oxygens (including phenoxy) is 1. The minimum atomic E-state index is -0.151. The summed E-state index contributed by atoms with van der Waals surface area (Å²) < 4.78 is 5.15. The molecular formula is C23H21N3O2. The number of carbonyl (C=O) groups excluding carboxylic acids is 1. The Morgan fingerprint density at radius 2 is 1.89 bits per heavy atom. The van der Waals surface area contributed by atoms with Gasteiger partial charge in [-0.05, 0) is 48.7 Å². The Hall–Kier alpha value is -3.65. The first-order valence-corrected chi connectivity index (χ1v) is 9.08. The molecule has 1 aromatic heterocycles. The SMILES string of the molecule is COc1ccc(CCCNC(=O)c2ccc(-c3ccccc3C#N)nc2)cc1. The molecule has 0 radical (unpaired) electrons. The molecule has 0 spiro atoms. The van der Waals surface area contributed by atoms with Gasteiger partial charge >= 0.3 is 0 Å². The topological polar surface area (TPSA) is 75.0 Å². The van der Waals surface area contributed by atoms with E-state index in [1.54, 1.807) is 31.5 Å². The standard InChI is InChI=1S/C23H21N3O2/c1-28-20-11-8-17(9-12-20)5-4-14-25-23(27)19-10-13-22(26-16-19)21-7-3-2-6-18(21)15-24/h2-3,6-13,16H,4-5,14H2,1H3,(H,25,27). The Morgan fingerprint density at radius 1 is 1.11 bits per heavy atom. The molecule has 0 atom stereocenters. The van der Waals surface area contributed by atoms with E-state index in [0.717, 1.165) is 24.2 Å². The average Bonchev–Trinajstić information content (AvgIpc) is 2.77. The third-order valence-electron chi connectivity index (χ3n) is 4.44. The molecule has 1 N–H and O–H groups in total. The number of benzene rings is 2. The molecule has 0 bridgehead atoms. The number of nitriles is 1. The molecule has 5 heteroatoms. The highest BCUT2D eigenvalue weighted by atomic mass is 16.5. The van der Waals surface area contributed by atoms with E-state index in [1.165, 1.54) is 5.56 Å². The number of amides is 1. The third kappa shape index (κ3) is 4.74. The van der Waals surface area contributed by atoms with E-state index < -0.39 is 0 Å². The minimum absolute atomic E-state index is 0.151. The van der Waals surface area contributed by atoms with Crippen LogP contribution in [0.5, 0.6) is 5.75 Å². The number of aryl methyl sites for hydroxylation is 1. The maximum Gasteiger partial charge on any atom is 0.252 e. The lowest BCUT2D eigenvalue weighted by atomic mass is 10.0. The van der Waals surface area contributed by atoms with Gasteiger partial charge in [0.2, 0.25) is 0 Å². The van der Waals surface area contributed by atoms with Gasteiger partial charge in [-0.1, -0.05) is 30.3 Å². The summed E-state index contributed by atoms with van der Waals surface area (Å²) >= 11 is 0. The lowest BCUT2D eigenvalue weighted by Crippen LogP contribution is -2.24. The molecule has 0 aliphatic rings. The summed E-state index contributed by atoms with van der Waals surface area (Å²) in [5.41, 5.74) is 3.70. The number of hydrogen-bond acceptors (Lipinski definition) is 4. The molecule has 3 rings (SSSR count). The number of nitrogens with zero attached hydrogens (tertiary/aromatic N) is 2. The predicted molar refractivity (Wildman–Crippen MR) is 108 cm³/mol. The summed E-state index contributed by atoms with van der Waals surface area (Å²) in [7, 11) is 1.65. The fourth-order valence-electron chi connectivity index (χ4n) is 2.88. The first kappa shape index (κ1) is 19.1. The van der Waals surface area contributed by atoms with Crippen molar-refractivity contribution < 1.29 is 9.53 Å². The number of rotatable bonds is 7. The minimum Gasteiger partial charge on any atom is -0.497 e. The van der Waals surface area contributed by atoms with E-state index in [-0.39, 0.29) is 5.91 Å². The van der Waals surface area contributed by atoms with Crippen LogP contribution >= 0.6 is 0 Å². The van der Waals surface area contributed by atoms with Crippen molar-refractivity contribution in [2.45, 2.75) is 12.8 Å². The fourth-order valence-corrected chi connectivity index (χ4v) is 2.88. The van der Waals surface area contributed by atoms with Crippen molar-refractivity contribution >= 4 is 5.91 Å². The zero-order valence-electron chi connectivity index (χ0n) is 15.7. The Kier molecular flexibility index (Phi) is 6.37. The zero-order valence-corrected chi connectivity index (χ0v) is 15.7. The summed E-state index contributed by atoms with van der Waals surface area (Å²) in [6, 6.07) is 20.9. The number of methoxy groups -OCH3 is 1. The second-order valence-electron chi connectivity index (χ2n) is 6.30. The Balaban J connectivity index is 1.52. The summed E-state index contributed by atoms with van der Waals surface area (Å²) in [6.07, 6.45) is 3.27. The largest absolute Gasteiger partial charge is 0.497 e. The average molecular weight is 371 g/mol. The third-order valence-corrected chi connectivity index (χ3v) is 4.44. The monoisotopic (exact) mass is 371 g/mol. The smallest absolute Gasteiger partial charge is 0.252 e. The van der Waals surface area contributed by atoms with E-state index in [1.807, 2.05) is 42.5 Å². The van der Waals surface area contributed by atoms with Gasteiger partial charge in [0.1, 0.15) is 5.75 Å². The van der Waals surface area contributed by atoms with Gasteiger partial charge in [-0.25, -0.2) is 0 Å². The Labute approximate surface area is 164 Å². The fraction of sp³-hybridized carbons (Fsp3) is 0.174. The van der Waals surface area contributed by atoms with Crippen LogP contribution < -0.4 is 10.1 Å². The van der Waals surface area contributed by atoms with Gasteiger partial charge in [0.05, 0.1) is 30.0 Å². The van der Waals surface area contributed by atoms with Crippen molar-refractivity contribution in [1.29, 1.82) is 5.26 Å². The zero-order chi connectivity index (χ0) is 19.8. The van der Waals surface area contributed by atoms with E-state index >= 15 is 0 Å². The molecule has 1 heterocycles. The van der Waals surface area contributed by atoms with E-state index in [9.17, 15) is 10.1 Å². The molecule has 0 unspecified atom stereocenters. The van der Waals surface area contributed by atoms with Crippen LogP contribution in [0.2, 0.25) is 0 Å². The van der Waals surface area contributed by atoms with Crippen molar-refractivity contribution in [2.24, 2.45) is 0 Å². The van der Waals surface area contributed by atoms with Crippen LogP contribution in [0.4, 0.5) is 0 Å². The maximum atomic E-state index is 12.3. The highest BCUT2D eigenvalue weighted by Crippen LogP contribution is 2.21. The first-order valence-electron chi connectivity index (χ1n) is 9.08. The molecule has 0 fully saturated rings. The molecular weight excluding hydrogens is 350 g/mol. The van der Waals surface area contributed by atoms with Gasteiger partial charge in [-0.3, -0.25) is 9.78 Å². The van der Waals surface area contributed by atoms with Gasteiger partial charge in [0.15, 0.2) is 0 Å². The van der Waals surface area contributed by atoms with Gasteiger partial charge in [-0.2, -0.15) is 5.26 Å². The van der Waals surface area contributed by atoms with Crippen LogP contribution in [0.1, 0.15) is 27.9 Å². The van der Waals surface area contributed by atoms with E-state index in [0.29, 0.717) is 23.4 Å². The number of nitrogens with one attached hydrogen (secondary N) is 1. The number of pyridine rings is 1. The summed E-state index contributed by atoms with van der Waals surface area (Å²) in [4.78, 5) is 16.6. The second-order valence-corrected chi connectivity index (χ2v) is 6.30. The van der Waals surface area contributed by atoms with Gasteiger partial charge in [0.25, 0.3) is 5.91 Å². The van der Waals surface area contributed by atoms with Gasteiger partial charge in [-0.15, -0.1) is 0 Å². The predicted octanol–water partition coefficient (Wildman–Crippen LogP) is 3.99. The molecule has 0 aliphatic carbocycles. The Morgan fingerprint density at radius 3 is 2.57 bits per heavy atom. The molecule has 0 aliphatic heterocycles. The van der Waals surface area contributed by atoms with Crippen LogP contribution in [-0.4, -0.2) is 24.5 Å². The number of aromatic nitrogens is 1. The van der Waals surface area contributed by atoms with Crippen LogP contribution in [0, 0.1) is 11.3 Å². The molecule has 2 aromatic carbocycles. The highest BCUT2D eigenvalue weighted by molar-refractivity contribution is 5.94. The first-order chi connectivity index (χ1) is 13.7. The molecule has 1 amide bonds. The lowest BCUT2D eigenvalue weighted by Gasteiger charge is -2.07. The van der Waals surface area contributed by atoms with Crippen LogP contribution in [0.25, 0.3) is 11.3 Å². The highest BCUT2D eigenvalue weighted by Gasteiger charge is 2.09. The number of hydrogen-bond donors (Lipinski definition) is 1. The van der Waals surface area contributed by atoms with Crippen molar-refractivity contribution in [3.8, 4) is 23.1 Å². The maximum absolute atomic E-state index is 12.3. The normalized spacial score (nSPS) is 10.1. The quantitative estimate of drug-likeness (QED) is 0.637. The van der Waals surface area contributed by atoms with Crippen molar-refractivity contribution in [1.82, 2.24) is 10.3 Å². The summed E-state index contributed by atoms with van der Waals surface area (Å²) in [5.74, 6) is 0.688. The Bertz CT molecular complexity index is 974. The molecule has 3 aromatic rings. The van der Waals surface area contributed by atoms with E-state index in [4.69, 9.17) is 4.74 Å². The van der Waals surface area contributed by atoms with Gasteiger partial charge < -0.3 is 10.1 Å². The van der Waals surface area contributed by atoms with Crippen LogP contribution in [0.15, 0.2) is 66.9 Å². The molecule has 140 valence electrons. The second kappa shape index (κ2) is 9.33. The molecule has 0 saturated heterocycles. The number of carbonyl (C=O) groups is 1. The summed E-state index contributed by atoms with van der Waals surface area (Å²) in [6.45, 7) is 0.587. The molecule has 28 heavy (non-hydrogen) atoms. The van der Waals surface area contributed by atoms with Crippen molar-refractivity contribution in [2.75, 3.05) is 13.7 Å². The van der Waals surface area contributed by atoms with Crippen LogP contribution in [0.3, 0.4) is 0 Å². The van der Waals surface area contributed by atoms with E-state index in [2.05, 4.69) is 16.4 Å². The lowest BCUT2D eigenvalue weighted by molar-refractivity contribution is 0.0953. The van der Waals surface area contributed by atoms with Crippen molar-refractivity contribution in [3.63, 3.8) is 0 Å². The van der Waals surface area contributed by atoms with Crippen LogP contribution in [-0.2, 0) is 6.42 Å². The summed E-state index contributed by atoms with van der Waals surface area (Å²) in [5, 5.41) is 12.1. The molecule has 5 nitrogen and oxygen atoms in total.